The quantitative estimate of drug-likeness (QED) is 0.308. The summed E-state index contributed by atoms with van der Waals surface area (Å²) >= 11 is 1.32. The summed E-state index contributed by atoms with van der Waals surface area (Å²) in [4.78, 5) is 33.9. The highest BCUT2D eigenvalue weighted by atomic mass is 32.2. The third-order valence-electron chi connectivity index (χ3n) is 4.80. The number of Topliss-reactive ketones (excluding diaryl/α,β-unsaturated/α-hetero) is 1. The molecule has 0 aliphatic carbocycles. The molecule has 1 amide bonds. The van der Waals surface area contributed by atoms with Gasteiger partial charge in [-0.05, 0) is 44.2 Å². The maximum absolute atomic E-state index is 13.1. The minimum Gasteiger partial charge on any atom is -0.482 e. The Kier molecular flexibility index (Phi) is 4.39. The van der Waals surface area contributed by atoms with Crippen molar-refractivity contribution in [2.45, 2.75) is 24.3 Å². The molecular formula is C21H17N5O3S. The number of thioether (sulfide) groups is 1. The van der Waals surface area contributed by atoms with Gasteiger partial charge in [0.05, 0.1) is 16.5 Å². The van der Waals surface area contributed by atoms with Crippen LogP contribution >= 0.6 is 11.8 Å². The number of fused-ring (bicyclic) bond motifs is 4. The van der Waals surface area contributed by atoms with Gasteiger partial charge in [-0.3, -0.25) is 9.59 Å². The van der Waals surface area contributed by atoms with E-state index in [4.69, 9.17) is 9.72 Å². The number of carbonyl (C=O) groups excluding carboxylic acids is 2. The molecule has 4 aromatic rings. The van der Waals surface area contributed by atoms with Crippen molar-refractivity contribution >= 4 is 45.7 Å². The maximum Gasteiger partial charge on any atom is 0.262 e. The Balaban J connectivity index is 1.48. The number of aryl methyl sites for hydroxylation is 1. The second-order valence-corrected chi connectivity index (χ2v) is 8.29. The molecule has 150 valence electrons. The van der Waals surface area contributed by atoms with Crippen molar-refractivity contribution in [1.29, 1.82) is 0 Å². The first-order chi connectivity index (χ1) is 14.5. The lowest BCUT2D eigenvalue weighted by atomic mass is 10.1. The molecule has 0 saturated heterocycles. The number of rotatable bonds is 4. The van der Waals surface area contributed by atoms with Gasteiger partial charge in [-0.25, -0.2) is 9.97 Å². The van der Waals surface area contributed by atoms with Crippen LogP contribution in [0.1, 0.15) is 23.1 Å². The number of amides is 1. The molecule has 3 heterocycles. The molecule has 5 rings (SSSR count). The Labute approximate surface area is 175 Å². The molecule has 0 fully saturated rings. The van der Waals surface area contributed by atoms with Gasteiger partial charge in [0.15, 0.2) is 23.2 Å². The summed E-state index contributed by atoms with van der Waals surface area (Å²) in [5, 5.41) is 8.27. The number of ether oxygens (including phenoxy) is 1. The lowest BCUT2D eigenvalue weighted by Gasteiger charge is -2.19. The summed E-state index contributed by atoms with van der Waals surface area (Å²) < 4.78 is 7.05. The Bertz CT molecular complexity index is 1330. The van der Waals surface area contributed by atoms with Gasteiger partial charge >= 0.3 is 0 Å². The Morgan fingerprint density at radius 2 is 2.07 bits per heavy atom. The van der Waals surface area contributed by atoms with Crippen LogP contribution in [0.25, 0.3) is 16.6 Å². The van der Waals surface area contributed by atoms with Gasteiger partial charge in [0.25, 0.3) is 5.91 Å². The molecule has 30 heavy (non-hydrogen) atoms. The van der Waals surface area contributed by atoms with Crippen molar-refractivity contribution in [1.82, 2.24) is 19.6 Å². The molecule has 1 unspecified atom stereocenters. The number of aromatic nitrogens is 4. The highest BCUT2D eigenvalue weighted by Crippen LogP contribution is 2.32. The Morgan fingerprint density at radius 1 is 1.23 bits per heavy atom. The molecule has 1 N–H and O–H groups in total. The number of nitrogens with zero attached hydrogens (tertiary/aromatic N) is 4. The van der Waals surface area contributed by atoms with Gasteiger partial charge in [0.2, 0.25) is 0 Å². The van der Waals surface area contributed by atoms with E-state index in [2.05, 4.69) is 15.4 Å². The minimum absolute atomic E-state index is 0.0203. The second-order valence-electron chi connectivity index (χ2n) is 6.98. The lowest BCUT2D eigenvalue weighted by molar-refractivity contribution is -0.118. The van der Waals surface area contributed by atoms with E-state index >= 15 is 0 Å². The van der Waals surface area contributed by atoms with Gasteiger partial charge in [0.1, 0.15) is 11.6 Å². The number of para-hydroxylation sites is 1. The fraction of sp³-hybridized carbons (Fsp3) is 0.190. The van der Waals surface area contributed by atoms with Crippen LogP contribution in [0.4, 0.5) is 5.69 Å². The maximum atomic E-state index is 13.1. The molecule has 0 saturated carbocycles. The molecule has 0 radical (unpaired) electrons. The normalized spacial score (nSPS) is 14.3. The van der Waals surface area contributed by atoms with E-state index in [9.17, 15) is 9.59 Å². The van der Waals surface area contributed by atoms with E-state index in [-0.39, 0.29) is 18.3 Å². The molecule has 2 aromatic heterocycles. The third kappa shape index (κ3) is 3.17. The SMILES string of the molecule is Cc1nc2c3ccccc3nc(SC(C)C(=O)c3ccc4c(c3)NC(=O)CO4)n2n1. The zero-order valence-corrected chi connectivity index (χ0v) is 17.1. The molecule has 8 nitrogen and oxygen atoms in total. The van der Waals surface area contributed by atoms with Crippen LogP contribution in [0.5, 0.6) is 5.75 Å². The van der Waals surface area contributed by atoms with E-state index in [0.29, 0.717) is 33.6 Å². The molecule has 1 aliphatic rings. The van der Waals surface area contributed by atoms with Crippen LogP contribution in [0, 0.1) is 6.92 Å². The van der Waals surface area contributed by atoms with Crippen LogP contribution in [-0.2, 0) is 4.79 Å². The van der Waals surface area contributed by atoms with Gasteiger partial charge in [-0.2, -0.15) is 4.52 Å². The molecule has 1 atom stereocenters. The van der Waals surface area contributed by atoms with Crippen molar-refractivity contribution in [3.05, 3.63) is 53.9 Å². The monoisotopic (exact) mass is 419 g/mol. The van der Waals surface area contributed by atoms with Crippen LogP contribution in [0.15, 0.2) is 47.6 Å². The van der Waals surface area contributed by atoms with E-state index in [1.807, 2.05) is 38.1 Å². The number of carbonyl (C=O) groups is 2. The average Bonchev–Trinajstić information content (AvgIpc) is 3.14. The van der Waals surface area contributed by atoms with E-state index < -0.39 is 5.25 Å². The Hall–Kier alpha value is -3.46. The summed E-state index contributed by atoms with van der Waals surface area (Å²) in [5.74, 6) is 0.878. The number of ketones is 1. The van der Waals surface area contributed by atoms with Gasteiger partial charge in [0, 0.05) is 10.9 Å². The number of nitrogens with one attached hydrogen (secondary N) is 1. The van der Waals surface area contributed by atoms with E-state index in [1.54, 1.807) is 22.7 Å². The zero-order chi connectivity index (χ0) is 20.8. The largest absolute Gasteiger partial charge is 0.482 e. The van der Waals surface area contributed by atoms with Crippen molar-refractivity contribution in [2.24, 2.45) is 0 Å². The first kappa shape index (κ1) is 18.6. The predicted molar refractivity (Wildman–Crippen MR) is 113 cm³/mol. The van der Waals surface area contributed by atoms with Gasteiger partial charge in [-0.15, -0.1) is 5.10 Å². The van der Waals surface area contributed by atoms with Crippen LogP contribution in [0.2, 0.25) is 0 Å². The summed E-state index contributed by atoms with van der Waals surface area (Å²) in [5.41, 5.74) is 2.51. The fourth-order valence-electron chi connectivity index (χ4n) is 3.39. The van der Waals surface area contributed by atoms with Crippen molar-refractivity contribution in [3.8, 4) is 5.75 Å². The fourth-order valence-corrected chi connectivity index (χ4v) is 4.33. The van der Waals surface area contributed by atoms with Crippen LogP contribution in [0.3, 0.4) is 0 Å². The molecule has 9 heteroatoms. The first-order valence-electron chi connectivity index (χ1n) is 9.39. The van der Waals surface area contributed by atoms with Gasteiger partial charge in [-0.1, -0.05) is 23.9 Å². The molecule has 0 spiro atoms. The van der Waals surface area contributed by atoms with Gasteiger partial charge < -0.3 is 10.1 Å². The molecule has 1 aliphatic heterocycles. The minimum atomic E-state index is -0.426. The third-order valence-corrected chi connectivity index (χ3v) is 5.85. The van der Waals surface area contributed by atoms with Crippen LogP contribution < -0.4 is 10.1 Å². The molecule has 2 aromatic carbocycles. The summed E-state index contributed by atoms with van der Waals surface area (Å²) in [6.45, 7) is 3.63. The number of hydrogen-bond acceptors (Lipinski definition) is 7. The zero-order valence-electron chi connectivity index (χ0n) is 16.2. The Morgan fingerprint density at radius 3 is 2.93 bits per heavy atom. The first-order valence-corrected chi connectivity index (χ1v) is 10.3. The molecular weight excluding hydrogens is 402 g/mol. The summed E-state index contributed by atoms with van der Waals surface area (Å²) in [6, 6.07) is 12.8. The average molecular weight is 419 g/mol. The van der Waals surface area contributed by atoms with E-state index in [1.165, 1.54) is 11.8 Å². The predicted octanol–water partition coefficient (Wildman–Crippen LogP) is 3.28. The summed E-state index contributed by atoms with van der Waals surface area (Å²) in [6.07, 6.45) is 0. The van der Waals surface area contributed by atoms with Crippen molar-refractivity contribution in [2.75, 3.05) is 11.9 Å². The van der Waals surface area contributed by atoms with Crippen LogP contribution in [-0.4, -0.2) is 43.1 Å². The summed E-state index contributed by atoms with van der Waals surface area (Å²) in [7, 11) is 0. The lowest BCUT2D eigenvalue weighted by Crippen LogP contribution is -2.25. The van der Waals surface area contributed by atoms with Crippen molar-refractivity contribution in [3.63, 3.8) is 0 Å². The highest BCUT2D eigenvalue weighted by molar-refractivity contribution is 8.00. The molecule has 0 bridgehead atoms. The van der Waals surface area contributed by atoms with E-state index in [0.717, 1.165) is 10.9 Å². The smallest absolute Gasteiger partial charge is 0.262 e. The number of anilines is 1. The second kappa shape index (κ2) is 7.10. The topological polar surface area (TPSA) is 98.5 Å². The highest BCUT2D eigenvalue weighted by Gasteiger charge is 2.23. The standard InChI is InChI=1S/C21H17N5O3S/c1-11(19(28)13-7-8-17-16(9-13)23-18(27)10-29-17)30-21-24-15-6-4-3-5-14(15)20-22-12(2)25-26(20)21/h3-9,11H,10H2,1-2H3,(H,23,27). The van der Waals surface area contributed by atoms with Crippen molar-refractivity contribution < 1.29 is 14.3 Å². The number of hydrogen-bond donors (Lipinski definition) is 1. The number of benzene rings is 2.